The molecule has 0 unspecified atom stereocenters. The Morgan fingerprint density at radius 3 is 2.52 bits per heavy atom. The lowest BCUT2D eigenvalue weighted by Gasteiger charge is -2.23. The number of benzene rings is 2. The number of rotatable bonds is 2. The number of hydrogen-bond donors (Lipinski definition) is 1. The van der Waals surface area contributed by atoms with E-state index in [9.17, 15) is 0 Å². The van der Waals surface area contributed by atoms with Crippen LogP contribution in [-0.2, 0) is 10.8 Å². The zero-order valence-corrected chi connectivity index (χ0v) is 19.3. The highest BCUT2D eigenvalue weighted by Crippen LogP contribution is 2.45. The molecule has 0 spiro atoms. The van der Waals surface area contributed by atoms with E-state index < -0.39 is 0 Å². The van der Waals surface area contributed by atoms with Crippen molar-refractivity contribution in [3.63, 3.8) is 0 Å². The summed E-state index contributed by atoms with van der Waals surface area (Å²) in [6, 6.07) is 15.3. The molecule has 0 fully saturated rings. The molecule has 0 bridgehead atoms. The number of nitrogens with one attached hydrogen (secondary N) is 1. The van der Waals surface area contributed by atoms with Gasteiger partial charge in [0.25, 0.3) is 0 Å². The number of aryl methyl sites for hydroxylation is 1. The normalized spacial score (nSPS) is 23.3. The number of fused-ring (bicyclic) bond motifs is 2. The average Bonchev–Trinajstić information content (AvgIpc) is 3.12. The first-order valence-corrected chi connectivity index (χ1v) is 11.5. The van der Waals surface area contributed by atoms with Gasteiger partial charge >= 0.3 is 0 Å². The van der Waals surface area contributed by atoms with Crippen LogP contribution in [0.5, 0.6) is 0 Å². The number of hydrogen-bond acceptors (Lipinski definition) is 2. The highest BCUT2D eigenvalue weighted by atomic mass is 15.0. The van der Waals surface area contributed by atoms with E-state index >= 15 is 0 Å². The molecule has 0 saturated heterocycles. The molecule has 2 heteroatoms. The summed E-state index contributed by atoms with van der Waals surface area (Å²) in [6.45, 7) is 11.4. The summed E-state index contributed by atoms with van der Waals surface area (Å²) in [5.74, 6) is 0. The summed E-state index contributed by atoms with van der Waals surface area (Å²) in [7, 11) is 0. The highest BCUT2D eigenvalue weighted by Gasteiger charge is 2.35. The molecule has 2 nitrogen and oxygen atoms in total. The lowest BCUT2D eigenvalue weighted by Crippen LogP contribution is -2.24. The van der Waals surface area contributed by atoms with Crippen LogP contribution in [0.25, 0.3) is 0 Å². The maximum absolute atomic E-state index is 4.97. The van der Waals surface area contributed by atoms with E-state index in [1.807, 2.05) is 0 Å². The fourth-order valence-corrected chi connectivity index (χ4v) is 5.16. The second-order valence-corrected chi connectivity index (χ2v) is 10.3. The van der Waals surface area contributed by atoms with Crippen LogP contribution in [-0.4, -0.2) is 5.71 Å². The quantitative estimate of drug-likeness (QED) is 0.541. The molecular weight excluding hydrogens is 376 g/mol. The van der Waals surface area contributed by atoms with Gasteiger partial charge in [0.15, 0.2) is 0 Å². The Kier molecular flexibility index (Phi) is 4.58. The fourth-order valence-electron chi connectivity index (χ4n) is 5.16. The third kappa shape index (κ3) is 3.39. The third-order valence-corrected chi connectivity index (χ3v) is 7.20. The zero-order valence-electron chi connectivity index (χ0n) is 19.3. The van der Waals surface area contributed by atoms with E-state index in [0.29, 0.717) is 0 Å². The predicted molar refractivity (Wildman–Crippen MR) is 132 cm³/mol. The molecule has 158 valence electrons. The zero-order chi connectivity index (χ0) is 21.8. The number of nitrogens with zero attached hydrogens (tertiary/aromatic N) is 1. The molecule has 2 aliphatic heterocycles. The van der Waals surface area contributed by atoms with Crippen molar-refractivity contribution in [1.29, 1.82) is 0 Å². The Hall–Kier alpha value is -2.87. The van der Waals surface area contributed by atoms with Gasteiger partial charge in [0.05, 0.1) is 11.4 Å². The van der Waals surface area contributed by atoms with Crippen LogP contribution in [0, 0.1) is 6.92 Å². The van der Waals surface area contributed by atoms with Gasteiger partial charge in [0.1, 0.15) is 0 Å². The van der Waals surface area contributed by atoms with Crippen molar-refractivity contribution in [2.24, 2.45) is 4.99 Å². The van der Waals surface area contributed by atoms with Gasteiger partial charge < -0.3 is 5.32 Å². The van der Waals surface area contributed by atoms with Gasteiger partial charge in [0, 0.05) is 22.2 Å². The van der Waals surface area contributed by atoms with Crippen molar-refractivity contribution in [2.45, 2.75) is 64.7 Å². The molecule has 0 atom stereocenters. The summed E-state index contributed by atoms with van der Waals surface area (Å²) >= 11 is 0. The van der Waals surface area contributed by atoms with Crippen LogP contribution in [0.15, 0.2) is 82.5 Å². The van der Waals surface area contributed by atoms with Crippen LogP contribution in [0.4, 0.5) is 11.4 Å². The first kappa shape index (κ1) is 20.1. The summed E-state index contributed by atoms with van der Waals surface area (Å²) in [4.78, 5) is 4.97. The van der Waals surface area contributed by atoms with E-state index in [1.54, 1.807) is 0 Å². The van der Waals surface area contributed by atoms with E-state index in [0.717, 1.165) is 18.5 Å². The molecule has 0 radical (unpaired) electrons. The second-order valence-electron chi connectivity index (χ2n) is 10.3. The van der Waals surface area contributed by atoms with E-state index in [-0.39, 0.29) is 10.8 Å². The van der Waals surface area contributed by atoms with E-state index in [4.69, 9.17) is 4.99 Å². The lowest BCUT2D eigenvalue weighted by molar-refractivity contribution is 0.651. The molecule has 0 saturated carbocycles. The van der Waals surface area contributed by atoms with Crippen molar-refractivity contribution < 1.29 is 0 Å². The number of anilines is 1. The molecule has 2 aromatic carbocycles. The van der Waals surface area contributed by atoms with E-state index in [2.05, 4.69) is 101 Å². The number of aliphatic imine (C=N–C) groups is 1. The first-order valence-electron chi connectivity index (χ1n) is 11.5. The molecule has 0 aromatic heterocycles. The Morgan fingerprint density at radius 2 is 1.71 bits per heavy atom. The minimum atomic E-state index is -0.0397. The monoisotopic (exact) mass is 408 g/mol. The highest BCUT2D eigenvalue weighted by molar-refractivity contribution is 6.08. The average molecular weight is 409 g/mol. The van der Waals surface area contributed by atoms with Crippen molar-refractivity contribution in [3.8, 4) is 0 Å². The van der Waals surface area contributed by atoms with Crippen LogP contribution < -0.4 is 5.32 Å². The molecule has 2 heterocycles. The summed E-state index contributed by atoms with van der Waals surface area (Å²) in [5, 5.41) is 3.70. The molecule has 0 amide bonds. The molecule has 2 aromatic rings. The Morgan fingerprint density at radius 1 is 0.903 bits per heavy atom. The molecule has 1 aliphatic carbocycles. The van der Waals surface area contributed by atoms with E-state index in [1.165, 1.54) is 51.4 Å². The van der Waals surface area contributed by atoms with Crippen LogP contribution in [0.1, 0.15) is 63.6 Å². The van der Waals surface area contributed by atoms with Gasteiger partial charge in [-0.05, 0) is 78.3 Å². The number of para-hydroxylation sites is 1. The van der Waals surface area contributed by atoms with Crippen molar-refractivity contribution in [3.05, 3.63) is 94.2 Å². The third-order valence-electron chi connectivity index (χ3n) is 7.20. The predicted octanol–water partition coefficient (Wildman–Crippen LogP) is 7.68. The fraction of sp³-hybridized carbons (Fsp3) is 0.345. The van der Waals surface area contributed by atoms with Crippen molar-refractivity contribution in [1.82, 2.24) is 0 Å². The number of allylic oxidation sites excluding steroid dienone is 6. The maximum Gasteiger partial charge on any atom is 0.0674 e. The summed E-state index contributed by atoms with van der Waals surface area (Å²) in [6.07, 6.45) is 10.6. The van der Waals surface area contributed by atoms with Crippen molar-refractivity contribution in [2.75, 3.05) is 5.32 Å². The van der Waals surface area contributed by atoms with Gasteiger partial charge in [0.2, 0.25) is 0 Å². The van der Waals surface area contributed by atoms with Gasteiger partial charge in [-0.1, -0.05) is 64.1 Å². The second kappa shape index (κ2) is 7.09. The molecular formula is C29H32N2. The standard InChI is InChI=1S/C29H32N2/c1-19-13-14-23-25(15-19)31-27(29(23,4)5)18-21-10-8-9-20(16-21)17-26-28(2,3)22-11-6-7-12-24(22)30-26/h6-7,11-18,31H,8-10H2,1-5H3/b20-17+,27-18+. The Balaban J connectivity index is 1.46. The SMILES string of the molecule is Cc1ccc2c(c1)N/C(=C/C1=CC(=C/C3=Nc4ccccc4C3(C)C)/CCC1)C2(C)C. The van der Waals surface area contributed by atoms with Gasteiger partial charge in [-0.25, -0.2) is 0 Å². The Labute approximate surface area is 186 Å². The van der Waals surface area contributed by atoms with Gasteiger partial charge in [-0.15, -0.1) is 0 Å². The van der Waals surface area contributed by atoms with Crippen molar-refractivity contribution >= 4 is 17.1 Å². The summed E-state index contributed by atoms with van der Waals surface area (Å²) in [5.41, 5.74) is 11.6. The molecule has 31 heavy (non-hydrogen) atoms. The summed E-state index contributed by atoms with van der Waals surface area (Å²) < 4.78 is 0. The molecule has 3 aliphatic rings. The van der Waals surface area contributed by atoms with Crippen LogP contribution in [0.2, 0.25) is 0 Å². The topological polar surface area (TPSA) is 24.4 Å². The minimum Gasteiger partial charge on any atom is -0.358 e. The van der Waals surface area contributed by atoms with Crippen LogP contribution >= 0.6 is 0 Å². The first-order chi connectivity index (χ1) is 14.7. The minimum absolute atomic E-state index is 0.00433. The van der Waals surface area contributed by atoms with Gasteiger partial charge in [-0.3, -0.25) is 4.99 Å². The Bertz CT molecular complexity index is 1180. The lowest BCUT2D eigenvalue weighted by atomic mass is 9.80. The molecule has 1 N–H and O–H groups in total. The van der Waals surface area contributed by atoms with Gasteiger partial charge in [-0.2, -0.15) is 0 Å². The largest absolute Gasteiger partial charge is 0.358 e. The smallest absolute Gasteiger partial charge is 0.0674 e. The maximum atomic E-state index is 4.97. The molecule has 5 rings (SSSR count). The van der Waals surface area contributed by atoms with Crippen LogP contribution in [0.3, 0.4) is 0 Å².